The molecule has 0 heterocycles. The number of benzene rings is 1. The van der Waals surface area contributed by atoms with Crippen LogP contribution in [0.2, 0.25) is 0 Å². The highest BCUT2D eigenvalue weighted by Crippen LogP contribution is 2.38. The van der Waals surface area contributed by atoms with E-state index < -0.39 is 17.4 Å². The van der Waals surface area contributed by atoms with Gasteiger partial charge in [0.25, 0.3) is 5.91 Å². The van der Waals surface area contributed by atoms with Crippen molar-refractivity contribution in [2.45, 2.75) is 31.2 Å². The number of carboxylic acid groups (broad SMARTS) is 1. The molecule has 0 aliphatic heterocycles. The SMILES string of the molecule is NC(=O)c1ccccc1NC1(CC(=O)O)CCC1. The first-order valence-electron chi connectivity index (χ1n) is 5.91. The van der Waals surface area contributed by atoms with Gasteiger partial charge in [-0.15, -0.1) is 0 Å². The first-order chi connectivity index (χ1) is 8.52. The van der Waals surface area contributed by atoms with E-state index >= 15 is 0 Å². The number of nitrogens with one attached hydrogen (secondary N) is 1. The standard InChI is InChI=1S/C13H16N2O3/c14-12(18)9-4-1-2-5-10(9)15-13(6-3-7-13)8-11(16)17/h1-2,4-5,15H,3,6-8H2,(H2,14,18)(H,16,17). The van der Waals surface area contributed by atoms with E-state index in [0.717, 1.165) is 19.3 Å². The van der Waals surface area contributed by atoms with Crippen LogP contribution in [0, 0.1) is 0 Å². The van der Waals surface area contributed by atoms with Crippen LogP contribution in [0.5, 0.6) is 0 Å². The summed E-state index contributed by atoms with van der Waals surface area (Å²) in [6.07, 6.45) is 2.65. The summed E-state index contributed by atoms with van der Waals surface area (Å²) in [5.41, 5.74) is 5.88. The topological polar surface area (TPSA) is 92.4 Å². The fourth-order valence-electron chi connectivity index (χ4n) is 2.33. The summed E-state index contributed by atoms with van der Waals surface area (Å²) < 4.78 is 0. The maximum Gasteiger partial charge on any atom is 0.305 e. The molecular weight excluding hydrogens is 232 g/mol. The van der Waals surface area contributed by atoms with E-state index in [-0.39, 0.29) is 6.42 Å². The highest BCUT2D eigenvalue weighted by atomic mass is 16.4. The molecular formula is C13H16N2O3. The summed E-state index contributed by atoms with van der Waals surface area (Å²) in [5, 5.41) is 12.1. The fraction of sp³-hybridized carbons (Fsp3) is 0.385. The van der Waals surface area contributed by atoms with Crippen molar-refractivity contribution in [1.82, 2.24) is 0 Å². The third kappa shape index (κ3) is 2.45. The number of aliphatic carboxylic acids is 1. The molecule has 1 aromatic carbocycles. The fourth-order valence-corrected chi connectivity index (χ4v) is 2.33. The molecule has 1 aromatic rings. The van der Waals surface area contributed by atoms with Crippen LogP contribution in [0.25, 0.3) is 0 Å². The Hall–Kier alpha value is -2.04. The number of rotatable bonds is 5. The van der Waals surface area contributed by atoms with E-state index in [1.54, 1.807) is 24.3 Å². The number of anilines is 1. The predicted molar refractivity (Wildman–Crippen MR) is 67.4 cm³/mol. The lowest BCUT2D eigenvalue weighted by Gasteiger charge is -2.42. The summed E-state index contributed by atoms with van der Waals surface area (Å²) in [6, 6.07) is 6.91. The molecule has 0 aromatic heterocycles. The minimum atomic E-state index is -0.834. The molecule has 0 spiro atoms. The normalized spacial score (nSPS) is 16.7. The van der Waals surface area contributed by atoms with Crippen LogP contribution in [0.15, 0.2) is 24.3 Å². The molecule has 0 bridgehead atoms. The Morgan fingerprint density at radius 2 is 2.00 bits per heavy atom. The number of carboxylic acids is 1. The predicted octanol–water partition coefficient (Wildman–Crippen LogP) is 1.59. The lowest BCUT2D eigenvalue weighted by atomic mass is 9.74. The van der Waals surface area contributed by atoms with Gasteiger partial charge in [-0.25, -0.2) is 0 Å². The smallest absolute Gasteiger partial charge is 0.305 e. The minimum absolute atomic E-state index is 0.0557. The Morgan fingerprint density at radius 1 is 1.33 bits per heavy atom. The number of hydrogen-bond donors (Lipinski definition) is 3. The monoisotopic (exact) mass is 248 g/mol. The van der Waals surface area contributed by atoms with Crippen molar-refractivity contribution in [2.75, 3.05) is 5.32 Å². The molecule has 5 nitrogen and oxygen atoms in total. The van der Waals surface area contributed by atoms with E-state index in [0.29, 0.717) is 11.3 Å². The van der Waals surface area contributed by atoms with Crippen LogP contribution in [0.4, 0.5) is 5.69 Å². The van der Waals surface area contributed by atoms with Crippen LogP contribution < -0.4 is 11.1 Å². The molecule has 0 saturated heterocycles. The molecule has 1 amide bonds. The second-order valence-corrected chi connectivity index (χ2v) is 4.74. The van der Waals surface area contributed by atoms with Crippen molar-refractivity contribution in [1.29, 1.82) is 0 Å². The Labute approximate surface area is 105 Å². The van der Waals surface area contributed by atoms with Crippen molar-refractivity contribution in [3.8, 4) is 0 Å². The number of carbonyl (C=O) groups is 2. The summed E-state index contributed by atoms with van der Waals surface area (Å²) in [6.45, 7) is 0. The van der Waals surface area contributed by atoms with Crippen molar-refractivity contribution in [3.05, 3.63) is 29.8 Å². The number of primary amides is 1. The molecule has 96 valence electrons. The van der Waals surface area contributed by atoms with Gasteiger partial charge in [-0.3, -0.25) is 9.59 Å². The third-order valence-electron chi connectivity index (χ3n) is 3.39. The second-order valence-electron chi connectivity index (χ2n) is 4.74. The van der Waals surface area contributed by atoms with E-state index in [9.17, 15) is 9.59 Å². The van der Waals surface area contributed by atoms with Crippen LogP contribution >= 0.6 is 0 Å². The Kier molecular flexibility index (Phi) is 3.23. The van der Waals surface area contributed by atoms with Crippen LogP contribution in [0.3, 0.4) is 0 Å². The van der Waals surface area contributed by atoms with Crippen molar-refractivity contribution >= 4 is 17.6 Å². The average Bonchev–Trinajstić information content (AvgIpc) is 2.26. The average molecular weight is 248 g/mol. The molecule has 4 N–H and O–H groups in total. The number of amides is 1. The van der Waals surface area contributed by atoms with Crippen molar-refractivity contribution in [3.63, 3.8) is 0 Å². The van der Waals surface area contributed by atoms with Gasteiger partial charge in [0.15, 0.2) is 0 Å². The zero-order chi connectivity index (χ0) is 13.2. The Morgan fingerprint density at radius 3 is 2.50 bits per heavy atom. The van der Waals surface area contributed by atoms with Crippen LogP contribution in [-0.4, -0.2) is 22.5 Å². The number of carbonyl (C=O) groups excluding carboxylic acids is 1. The number of hydrogen-bond acceptors (Lipinski definition) is 3. The molecule has 18 heavy (non-hydrogen) atoms. The molecule has 1 fully saturated rings. The molecule has 5 heteroatoms. The van der Waals surface area contributed by atoms with Crippen molar-refractivity contribution < 1.29 is 14.7 Å². The highest BCUT2D eigenvalue weighted by Gasteiger charge is 2.39. The zero-order valence-electron chi connectivity index (χ0n) is 9.98. The first-order valence-corrected chi connectivity index (χ1v) is 5.91. The number of para-hydroxylation sites is 1. The van der Waals surface area contributed by atoms with Gasteiger partial charge >= 0.3 is 5.97 Å². The third-order valence-corrected chi connectivity index (χ3v) is 3.39. The Bertz CT molecular complexity index is 481. The van der Waals surface area contributed by atoms with E-state index in [2.05, 4.69) is 5.32 Å². The van der Waals surface area contributed by atoms with Crippen LogP contribution in [0.1, 0.15) is 36.0 Å². The van der Waals surface area contributed by atoms with E-state index in [1.165, 1.54) is 0 Å². The number of nitrogens with two attached hydrogens (primary N) is 1. The molecule has 1 aliphatic carbocycles. The molecule has 0 radical (unpaired) electrons. The summed E-state index contributed by atoms with van der Waals surface area (Å²) in [4.78, 5) is 22.2. The van der Waals surface area contributed by atoms with Gasteiger partial charge in [0.05, 0.1) is 12.0 Å². The van der Waals surface area contributed by atoms with Crippen molar-refractivity contribution in [2.24, 2.45) is 5.73 Å². The van der Waals surface area contributed by atoms with Gasteiger partial charge in [0.1, 0.15) is 0 Å². The highest BCUT2D eigenvalue weighted by molar-refractivity contribution is 5.98. The van der Waals surface area contributed by atoms with E-state index in [1.807, 2.05) is 0 Å². The molecule has 1 aliphatic rings. The molecule has 0 atom stereocenters. The molecule has 1 saturated carbocycles. The first kappa shape index (κ1) is 12.4. The minimum Gasteiger partial charge on any atom is -0.481 e. The van der Waals surface area contributed by atoms with Crippen LogP contribution in [-0.2, 0) is 4.79 Å². The summed E-state index contributed by atoms with van der Waals surface area (Å²) >= 11 is 0. The summed E-state index contributed by atoms with van der Waals surface area (Å²) in [7, 11) is 0. The summed E-state index contributed by atoms with van der Waals surface area (Å²) in [5.74, 6) is -1.35. The lowest BCUT2D eigenvalue weighted by molar-refractivity contribution is -0.138. The van der Waals surface area contributed by atoms with Gasteiger partial charge in [0, 0.05) is 11.2 Å². The second kappa shape index (κ2) is 4.68. The van der Waals surface area contributed by atoms with Gasteiger partial charge in [-0.1, -0.05) is 12.1 Å². The lowest BCUT2D eigenvalue weighted by Crippen LogP contribution is -2.47. The van der Waals surface area contributed by atoms with Gasteiger partial charge < -0.3 is 16.2 Å². The van der Waals surface area contributed by atoms with Gasteiger partial charge in [0.2, 0.25) is 0 Å². The maximum absolute atomic E-state index is 11.3. The maximum atomic E-state index is 11.3. The van der Waals surface area contributed by atoms with E-state index in [4.69, 9.17) is 10.8 Å². The zero-order valence-corrected chi connectivity index (χ0v) is 9.98. The largest absolute Gasteiger partial charge is 0.481 e. The molecule has 2 rings (SSSR count). The quantitative estimate of drug-likeness (QED) is 0.737. The van der Waals surface area contributed by atoms with Gasteiger partial charge in [-0.05, 0) is 31.4 Å². The Balaban J connectivity index is 2.22. The molecule has 0 unspecified atom stereocenters. The van der Waals surface area contributed by atoms with Gasteiger partial charge in [-0.2, -0.15) is 0 Å².